The number of hydrogen-bond acceptors (Lipinski definition) is 5. The fourth-order valence-corrected chi connectivity index (χ4v) is 2.31. The van der Waals surface area contributed by atoms with E-state index in [0.29, 0.717) is 31.7 Å². The lowest BCUT2D eigenvalue weighted by Gasteiger charge is -2.37. The minimum atomic E-state index is -0.669. The first kappa shape index (κ1) is 12.0. The first-order valence-corrected chi connectivity index (χ1v) is 5.87. The molecule has 1 aromatic heterocycles. The second kappa shape index (κ2) is 4.83. The van der Waals surface area contributed by atoms with E-state index in [2.05, 4.69) is 15.0 Å². The van der Waals surface area contributed by atoms with Crippen molar-refractivity contribution < 1.29 is 14.4 Å². The van der Waals surface area contributed by atoms with Gasteiger partial charge in [-0.2, -0.15) is 4.98 Å². The van der Waals surface area contributed by atoms with E-state index in [1.807, 2.05) is 6.92 Å². The van der Waals surface area contributed by atoms with Gasteiger partial charge in [0.15, 0.2) is 6.33 Å². The minimum absolute atomic E-state index is 0.536. The molecule has 0 spiro atoms. The zero-order chi connectivity index (χ0) is 12.3. The summed E-state index contributed by atoms with van der Waals surface area (Å²) in [6, 6.07) is 0. The molecule has 17 heavy (non-hydrogen) atoms. The van der Waals surface area contributed by atoms with Crippen LogP contribution in [0.25, 0.3) is 0 Å². The van der Waals surface area contributed by atoms with Gasteiger partial charge in [-0.1, -0.05) is 12.1 Å². The first-order valence-electron chi connectivity index (χ1n) is 5.87. The number of carboxylic acids is 1. The molecule has 6 nitrogen and oxygen atoms in total. The van der Waals surface area contributed by atoms with Crippen LogP contribution in [0.2, 0.25) is 0 Å². The third-order valence-electron chi connectivity index (χ3n) is 3.71. The summed E-state index contributed by atoms with van der Waals surface area (Å²) in [5, 5.41) is 12.8. The third-order valence-corrected chi connectivity index (χ3v) is 3.71. The number of carbonyl (C=O) groups is 1. The van der Waals surface area contributed by atoms with E-state index in [9.17, 15) is 9.90 Å². The average molecular weight is 239 g/mol. The maximum absolute atomic E-state index is 11.3. The number of aliphatic carboxylic acids is 1. The Labute approximate surface area is 99.6 Å². The number of carboxylic acid groups (broad SMARTS) is 1. The van der Waals surface area contributed by atoms with Crippen molar-refractivity contribution >= 4 is 5.97 Å². The van der Waals surface area contributed by atoms with E-state index >= 15 is 0 Å². The monoisotopic (exact) mass is 239 g/mol. The molecule has 0 unspecified atom stereocenters. The molecule has 6 heteroatoms. The zero-order valence-electron chi connectivity index (χ0n) is 9.93. The molecule has 2 heterocycles. The Morgan fingerprint density at radius 1 is 1.59 bits per heavy atom. The molecule has 0 radical (unpaired) electrons. The molecule has 2 rings (SSSR count). The van der Waals surface area contributed by atoms with Crippen LogP contribution in [0.4, 0.5) is 0 Å². The van der Waals surface area contributed by atoms with Crippen molar-refractivity contribution in [1.82, 2.24) is 15.0 Å². The number of piperidine rings is 1. The van der Waals surface area contributed by atoms with Crippen LogP contribution in [0.5, 0.6) is 0 Å². The van der Waals surface area contributed by atoms with Gasteiger partial charge < -0.3 is 9.63 Å². The summed E-state index contributed by atoms with van der Waals surface area (Å²) in [5.74, 6) is -0.0817. The Hall–Kier alpha value is -1.43. The van der Waals surface area contributed by atoms with Crippen molar-refractivity contribution in [2.75, 3.05) is 13.1 Å². The van der Waals surface area contributed by atoms with Crippen molar-refractivity contribution in [3.63, 3.8) is 0 Å². The van der Waals surface area contributed by atoms with Crippen LogP contribution >= 0.6 is 0 Å². The second-order valence-electron chi connectivity index (χ2n) is 4.55. The van der Waals surface area contributed by atoms with Gasteiger partial charge in [-0.15, -0.1) is 0 Å². The lowest BCUT2D eigenvalue weighted by molar-refractivity contribution is -0.152. The van der Waals surface area contributed by atoms with Gasteiger partial charge in [-0.25, -0.2) is 0 Å². The number of hydrogen-bond donors (Lipinski definition) is 1. The predicted octanol–water partition coefficient (Wildman–Crippen LogP) is 1.15. The van der Waals surface area contributed by atoms with Crippen LogP contribution in [0.3, 0.4) is 0 Å². The molecule has 0 atom stereocenters. The smallest absolute Gasteiger partial charge is 0.309 e. The molecule has 1 aromatic rings. The Morgan fingerprint density at radius 2 is 2.29 bits per heavy atom. The van der Waals surface area contributed by atoms with Gasteiger partial charge >= 0.3 is 5.97 Å². The van der Waals surface area contributed by atoms with Crippen molar-refractivity contribution in [3.05, 3.63) is 12.2 Å². The van der Waals surface area contributed by atoms with Crippen LogP contribution in [0.1, 0.15) is 32.1 Å². The highest BCUT2D eigenvalue weighted by Gasteiger charge is 2.39. The molecule has 1 saturated heterocycles. The Bertz CT molecular complexity index is 369. The van der Waals surface area contributed by atoms with Gasteiger partial charge in [0.25, 0.3) is 0 Å². The second-order valence-corrected chi connectivity index (χ2v) is 4.55. The summed E-state index contributed by atoms with van der Waals surface area (Å²) >= 11 is 0. The number of nitrogens with zero attached hydrogens (tertiary/aromatic N) is 3. The number of aromatic nitrogens is 2. The summed E-state index contributed by atoms with van der Waals surface area (Å²) in [6.07, 6.45) is 3.45. The normalized spacial score (nSPS) is 20.3. The van der Waals surface area contributed by atoms with Crippen molar-refractivity contribution in [2.24, 2.45) is 5.41 Å². The van der Waals surface area contributed by atoms with Crippen molar-refractivity contribution in [3.8, 4) is 0 Å². The lowest BCUT2D eigenvalue weighted by atomic mass is 9.76. The largest absolute Gasteiger partial charge is 0.481 e. The average Bonchev–Trinajstić information content (AvgIpc) is 2.83. The minimum Gasteiger partial charge on any atom is -0.481 e. The quantitative estimate of drug-likeness (QED) is 0.849. The van der Waals surface area contributed by atoms with Gasteiger partial charge in [0, 0.05) is 0 Å². The van der Waals surface area contributed by atoms with Crippen molar-refractivity contribution in [1.29, 1.82) is 0 Å². The van der Waals surface area contributed by atoms with E-state index in [4.69, 9.17) is 4.52 Å². The summed E-state index contributed by atoms with van der Waals surface area (Å²) in [4.78, 5) is 17.4. The summed E-state index contributed by atoms with van der Waals surface area (Å²) in [5.41, 5.74) is -0.536. The Balaban J connectivity index is 1.91. The van der Waals surface area contributed by atoms with Gasteiger partial charge in [0.1, 0.15) is 0 Å². The van der Waals surface area contributed by atoms with Crippen LogP contribution in [0.15, 0.2) is 10.9 Å². The zero-order valence-corrected chi connectivity index (χ0v) is 9.93. The van der Waals surface area contributed by atoms with E-state index in [-0.39, 0.29) is 0 Å². The maximum Gasteiger partial charge on any atom is 0.309 e. The standard InChI is InChI=1S/C11H17N3O3/c1-2-11(10(15)16)3-5-14(6-4-11)7-9-12-8-13-17-9/h8H,2-7H2,1H3,(H,15,16). The fourth-order valence-electron chi connectivity index (χ4n) is 2.31. The van der Waals surface area contributed by atoms with E-state index < -0.39 is 11.4 Å². The fraction of sp³-hybridized carbons (Fsp3) is 0.727. The SMILES string of the molecule is CCC1(C(=O)O)CCN(Cc2ncno2)CC1. The molecule has 1 aliphatic rings. The van der Waals surface area contributed by atoms with Gasteiger partial charge in [0.2, 0.25) is 5.89 Å². The summed E-state index contributed by atoms with van der Waals surface area (Å²) < 4.78 is 4.94. The highest BCUT2D eigenvalue weighted by Crippen LogP contribution is 2.35. The van der Waals surface area contributed by atoms with E-state index in [1.165, 1.54) is 6.33 Å². The summed E-state index contributed by atoms with van der Waals surface area (Å²) in [6.45, 7) is 4.09. The first-order chi connectivity index (χ1) is 8.16. The van der Waals surface area contributed by atoms with Crippen LogP contribution in [-0.2, 0) is 11.3 Å². The highest BCUT2D eigenvalue weighted by molar-refractivity contribution is 5.74. The van der Waals surface area contributed by atoms with Gasteiger partial charge in [0.05, 0.1) is 12.0 Å². The van der Waals surface area contributed by atoms with Gasteiger partial charge in [-0.3, -0.25) is 9.69 Å². The molecule has 0 aromatic carbocycles. The Kier molecular flexibility index (Phi) is 3.42. The molecule has 0 amide bonds. The molecule has 1 N–H and O–H groups in total. The molecule has 0 aliphatic carbocycles. The van der Waals surface area contributed by atoms with Crippen molar-refractivity contribution in [2.45, 2.75) is 32.7 Å². The molecular formula is C11H17N3O3. The van der Waals surface area contributed by atoms with E-state index in [0.717, 1.165) is 13.1 Å². The van der Waals surface area contributed by atoms with Crippen LogP contribution in [0, 0.1) is 5.41 Å². The predicted molar refractivity (Wildman–Crippen MR) is 59.2 cm³/mol. The van der Waals surface area contributed by atoms with Crippen LogP contribution < -0.4 is 0 Å². The topological polar surface area (TPSA) is 79.5 Å². The van der Waals surface area contributed by atoms with Crippen LogP contribution in [-0.4, -0.2) is 39.2 Å². The Morgan fingerprint density at radius 3 is 2.76 bits per heavy atom. The van der Waals surface area contributed by atoms with Gasteiger partial charge in [-0.05, 0) is 32.4 Å². The molecular weight excluding hydrogens is 222 g/mol. The molecule has 0 saturated carbocycles. The highest BCUT2D eigenvalue weighted by atomic mass is 16.5. The molecule has 94 valence electrons. The molecule has 1 fully saturated rings. The lowest BCUT2D eigenvalue weighted by Crippen LogP contribution is -2.43. The molecule has 1 aliphatic heterocycles. The number of likely N-dealkylation sites (tertiary alicyclic amines) is 1. The third kappa shape index (κ3) is 2.46. The maximum atomic E-state index is 11.3. The number of rotatable bonds is 4. The summed E-state index contributed by atoms with van der Waals surface area (Å²) in [7, 11) is 0. The van der Waals surface area contributed by atoms with E-state index in [1.54, 1.807) is 0 Å². The molecule has 0 bridgehead atoms.